The number of aryl methyl sites for hydroxylation is 2. The summed E-state index contributed by atoms with van der Waals surface area (Å²) in [4.78, 5) is 0. The molecule has 0 aliphatic heterocycles. The fraction of sp³-hybridized carbons (Fsp3) is 0.308. The van der Waals surface area contributed by atoms with Crippen LogP contribution in [0.15, 0.2) is 28.7 Å². The molecule has 0 saturated heterocycles. The number of benzene rings is 1. The van der Waals surface area contributed by atoms with E-state index in [9.17, 15) is 0 Å². The Morgan fingerprint density at radius 2 is 1.94 bits per heavy atom. The van der Waals surface area contributed by atoms with Gasteiger partial charge in [-0.25, -0.2) is 0 Å². The highest BCUT2D eigenvalue weighted by Crippen LogP contribution is 2.20. The molecule has 0 bridgehead atoms. The van der Waals surface area contributed by atoms with Crippen molar-refractivity contribution in [2.75, 3.05) is 0 Å². The predicted octanol–water partition coefficient (Wildman–Crippen LogP) is 3.43. The molecule has 0 aliphatic carbocycles. The van der Waals surface area contributed by atoms with Crippen molar-refractivity contribution in [3.63, 3.8) is 0 Å². The second kappa shape index (κ2) is 5.87. The van der Waals surface area contributed by atoms with Gasteiger partial charge in [0, 0.05) is 25.2 Å². The number of nitrogens with one attached hydrogen (secondary N) is 1. The van der Waals surface area contributed by atoms with Gasteiger partial charge in [0.2, 0.25) is 0 Å². The second-order valence-corrected chi connectivity index (χ2v) is 5.43. The minimum atomic E-state index is 0.767. The largest absolute Gasteiger partial charge is 0.307 e. The molecular formula is C13H15BrClN3. The van der Waals surface area contributed by atoms with Crippen molar-refractivity contribution in [1.29, 1.82) is 0 Å². The maximum absolute atomic E-state index is 5.85. The predicted molar refractivity (Wildman–Crippen MR) is 77.6 cm³/mol. The lowest BCUT2D eigenvalue weighted by molar-refractivity contribution is 0.623. The highest BCUT2D eigenvalue weighted by atomic mass is 79.9. The highest BCUT2D eigenvalue weighted by molar-refractivity contribution is 9.10. The van der Waals surface area contributed by atoms with Crippen LogP contribution >= 0.6 is 27.5 Å². The Bertz CT molecular complexity index is 534. The van der Waals surface area contributed by atoms with Gasteiger partial charge in [0.25, 0.3) is 0 Å². The maximum atomic E-state index is 5.85. The van der Waals surface area contributed by atoms with Gasteiger partial charge in [-0.1, -0.05) is 23.7 Å². The number of hydrogen-bond acceptors (Lipinski definition) is 2. The molecule has 2 aromatic rings. The minimum Gasteiger partial charge on any atom is -0.307 e. The van der Waals surface area contributed by atoms with Crippen LogP contribution in [-0.2, 0) is 20.1 Å². The lowest BCUT2D eigenvalue weighted by Gasteiger charge is -2.06. The van der Waals surface area contributed by atoms with Gasteiger partial charge in [-0.15, -0.1) is 0 Å². The standard InChI is InChI=1S/C13H15BrClN3/c1-9-13(14)12(18(2)17-9)8-16-7-10-3-5-11(15)6-4-10/h3-6,16H,7-8H2,1-2H3. The van der Waals surface area contributed by atoms with Crippen LogP contribution in [0.1, 0.15) is 17.0 Å². The number of hydrogen-bond donors (Lipinski definition) is 1. The van der Waals surface area contributed by atoms with E-state index >= 15 is 0 Å². The third kappa shape index (κ3) is 3.13. The molecule has 0 atom stereocenters. The molecule has 0 radical (unpaired) electrons. The zero-order chi connectivity index (χ0) is 13.1. The topological polar surface area (TPSA) is 29.9 Å². The third-order valence-corrected chi connectivity index (χ3v) is 4.08. The van der Waals surface area contributed by atoms with Gasteiger partial charge in [-0.3, -0.25) is 4.68 Å². The average Bonchev–Trinajstić information content (AvgIpc) is 2.58. The van der Waals surface area contributed by atoms with Crippen LogP contribution < -0.4 is 5.32 Å². The summed E-state index contributed by atoms with van der Waals surface area (Å²) >= 11 is 9.40. The van der Waals surface area contributed by atoms with Gasteiger partial charge in [0.05, 0.1) is 15.9 Å². The fourth-order valence-corrected chi connectivity index (χ4v) is 2.40. The molecule has 1 aromatic heterocycles. The Morgan fingerprint density at radius 3 is 2.50 bits per heavy atom. The molecule has 2 rings (SSSR count). The van der Waals surface area contributed by atoms with Crippen LogP contribution in [0.3, 0.4) is 0 Å². The van der Waals surface area contributed by atoms with Crippen molar-refractivity contribution in [2.24, 2.45) is 7.05 Å². The van der Waals surface area contributed by atoms with Crippen LogP contribution in [0, 0.1) is 6.92 Å². The first-order valence-electron chi connectivity index (χ1n) is 5.71. The molecular weight excluding hydrogens is 314 g/mol. The molecule has 1 heterocycles. The first-order valence-corrected chi connectivity index (χ1v) is 6.88. The Kier molecular flexibility index (Phi) is 4.43. The van der Waals surface area contributed by atoms with E-state index in [0.717, 1.165) is 34.0 Å². The van der Waals surface area contributed by atoms with E-state index in [0.29, 0.717) is 0 Å². The van der Waals surface area contributed by atoms with Crippen molar-refractivity contribution >= 4 is 27.5 Å². The molecule has 0 fully saturated rings. The van der Waals surface area contributed by atoms with Crippen LogP contribution in [0.4, 0.5) is 0 Å². The van der Waals surface area contributed by atoms with E-state index in [1.165, 1.54) is 5.56 Å². The zero-order valence-corrected chi connectivity index (χ0v) is 12.7. The quantitative estimate of drug-likeness (QED) is 0.932. The summed E-state index contributed by atoms with van der Waals surface area (Å²) in [5.41, 5.74) is 3.39. The summed E-state index contributed by atoms with van der Waals surface area (Å²) in [6.45, 7) is 3.58. The second-order valence-electron chi connectivity index (χ2n) is 4.20. The highest BCUT2D eigenvalue weighted by Gasteiger charge is 2.09. The van der Waals surface area contributed by atoms with E-state index < -0.39 is 0 Å². The molecule has 18 heavy (non-hydrogen) atoms. The summed E-state index contributed by atoms with van der Waals surface area (Å²) in [7, 11) is 1.96. The molecule has 0 saturated carbocycles. The van der Waals surface area contributed by atoms with E-state index in [1.54, 1.807) is 0 Å². The first-order chi connectivity index (χ1) is 8.58. The number of rotatable bonds is 4. The maximum Gasteiger partial charge on any atom is 0.0739 e. The normalized spacial score (nSPS) is 10.9. The van der Waals surface area contributed by atoms with Crippen molar-refractivity contribution in [3.05, 3.63) is 50.7 Å². The Balaban J connectivity index is 1.94. The van der Waals surface area contributed by atoms with Gasteiger partial charge >= 0.3 is 0 Å². The van der Waals surface area contributed by atoms with Gasteiger partial charge in [0.15, 0.2) is 0 Å². The Morgan fingerprint density at radius 1 is 1.28 bits per heavy atom. The van der Waals surface area contributed by atoms with Gasteiger partial charge in [0.1, 0.15) is 0 Å². The number of halogens is 2. The van der Waals surface area contributed by atoms with Crippen molar-refractivity contribution in [1.82, 2.24) is 15.1 Å². The van der Waals surface area contributed by atoms with Crippen LogP contribution in [0.5, 0.6) is 0 Å². The SMILES string of the molecule is Cc1nn(C)c(CNCc2ccc(Cl)cc2)c1Br. The fourth-order valence-electron chi connectivity index (χ4n) is 1.80. The minimum absolute atomic E-state index is 0.767. The van der Waals surface area contributed by atoms with Gasteiger partial charge in [-0.05, 0) is 40.5 Å². The molecule has 3 nitrogen and oxygen atoms in total. The van der Waals surface area contributed by atoms with Crippen molar-refractivity contribution in [3.8, 4) is 0 Å². The molecule has 1 N–H and O–H groups in total. The molecule has 0 spiro atoms. The number of aromatic nitrogens is 2. The molecule has 1 aromatic carbocycles. The van der Waals surface area contributed by atoms with E-state index in [1.807, 2.05) is 42.9 Å². The van der Waals surface area contributed by atoms with E-state index in [4.69, 9.17) is 11.6 Å². The monoisotopic (exact) mass is 327 g/mol. The lowest BCUT2D eigenvalue weighted by atomic mass is 10.2. The Hall–Kier alpha value is -0.840. The Labute approximate surface area is 120 Å². The van der Waals surface area contributed by atoms with Crippen LogP contribution in [-0.4, -0.2) is 9.78 Å². The summed E-state index contributed by atoms with van der Waals surface area (Å²) < 4.78 is 2.97. The molecule has 0 unspecified atom stereocenters. The zero-order valence-electron chi connectivity index (χ0n) is 10.4. The molecule has 0 amide bonds. The van der Waals surface area contributed by atoms with E-state index in [-0.39, 0.29) is 0 Å². The summed E-state index contributed by atoms with van der Waals surface area (Å²) in [6, 6.07) is 7.86. The number of nitrogens with zero attached hydrogens (tertiary/aromatic N) is 2. The average molecular weight is 329 g/mol. The van der Waals surface area contributed by atoms with Crippen LogP contribution in [0.2, 0.25) is 5.02 Å². The molecule has 96 valence electrons. The molecule has 0 aliphatic rings. The molecule has 5 heteroatoms. The third-order valence-electron chi connectivity index (χ3n) is 2.80. The summed E-state index contributed by atoms with van der Waals surface area (Å²) in [5.74, 6) is 0. The first kappa shape index (κ1) is 13.6. The summed E-state index contributed by atoms with van der Waals surface area (Å²) in [6.07, 6.45) is 0. The van der Waals surface area contributed by atoms with Crippen LogP contribution in [0.25, 0.3) is 0 Å². The lowest BCUT2D eigenvalue weighted by Crippen LogP contribution is -2.15. The van der Waals surface area contributed by atoms with Crippen molar-refractivity contribution < 1.29 is 0 Å². The van der Waals surface area contributed by atoms with E-state index in [2.05, 4.69) is 26.3 Å². The van der Waals surface area contributed by atoms with Crippen molar-refractivity contribution in [2.45, 2.75) is 20.0 Å². The van der Waals surface area contributed by atoms with Gasteiger partial charge < -0.3 is 5.32 Å². The van der Waals surface area contributed by atoms with Gasteiger partial charge in [-0.2, -0.15) is 5.10 Å². The summed E-state index contributed by atoms with van der Waals surface area (Å²) in [5, 5.41) is 8.53. The smallest absolute Gasteiger partial charge is 0.0739 e.